The van der Waals surface area contributed by atoms with E-state index in [-0.39, 0.29) is 29.4 Å². The summed E-state index contributed by atoms with van der Waals surface area (Å²) in [5.41, 5.74) is 0.686. The Morgan fingerprint density at radius 1 is 1.33 bits per heavy atom. The fourth-order valence-electron chi connectivity index (χ4n) is 1.88. The van der Waals surface area contributed by atoms with Crippen LogP contribution >= 0.6 is 0 Å². The van der Waals surface area contributed by atoms with Gasteiger partial charge in [0, 0.05) is 17.7 Å². The number of rotatable bonds is 6. The summed E-state index contributed by atoms with van der Waals surface area (Å²) in [5, 5.41) is 12.8. The van der Waals surface area contributed by atoms with E-state index in [4.69, 9.17) is 0 Å². The number of carbonyl (C=O) groups is 1. The Morgan fingerprint density at radius 3 is 2.71 bits per heavy atom. The van der Waals surface area contributed by atoms with Crippen LogP contribution in [0.15, 0.2) is 30.3 Å². The van der Waals surface area contributed by atoms with Gasteiger partial charge >= 0.3 is 5.97 Å². The van der Waals surface area contributed by atoms with Gasteiger partial charge in [-0.25, -0.2) is 18.2 Å². The summed E-state index contributed by atoms with van der Waals surface area (Å²) < 4.78 is 22.9. The van der Waals surface area contributed by atoms with Crippen molar-refractivity contribution in [3.05, 3.63) is 35.9 Å². The molecular formula is C14H16N2O4S. The van der Waals surface area contributed by atoms with Crippen LogP contribution in [0.3, 0.4) is 0 Å². The summed E-state index contributed by atoms with van der Waals surface area (Å²) in [5.74, 6) is -0.913. The summed E-state index contributed by atoms with van der Waals surface area (Å²) in [6.07, 6.45) is 0. The third-order valence-electron chi connectivity index (χ3n) is 3.10. The molecule has 0 saturated carbocycles. The Morgan fingerprint density at radius 2 is 2.05 bits per heavy atom. The van der Waals surface area contributed by atoms with Gasteiger partial charge in [-0.1, -0.05) is 25.1 Å². The number of sulfone groups is 1. The van der Waals surface area contributed by atoms with Crippen LogP contribution in [-0.2, 0) is 9.84 Å². The Balaban J connectivity index is 2.29. The smallest absolute Gasteiger partial charge is 0.339 e. The highest BCUT2D eigenvalue weighted by atomic mass is 32.2. The number of aromatic nitrogens is 1. The fourth-order valence-corrected chi connectivity index (χ4v) is 2.58. The molecule has 2 aromatic rings. The average Bonchev–Trinajstić information content (AvgIpc) is 2.46. The second kappa shape index (κ2) is 6.09. The summed E-state index contributed by atoms with van der Waals surface area (Å²) >= 11 is 0. The van der Waals surface area contributed by atoms with Crippen LogP contribution in [0, 0.1) is 0 Å². The number of nitrogens with zero attached hydrogens (tertiary/aromatic N) is 1. The zero-order valence-electron chi connectivity index (χ0n) is 11.5. The third kappa shape index (κ3) is 3.69. The number of aromatic carboxylic acids is 1. The lowest BCUT2D eigenvalue weighted by molar-refractivity contribution is 0.0697. The van der Waals surface area contributed by atoms with Crippen molar-refractivity contribution < 1.29 is 18.3 Å². The lowest BCUT2D eigenvalue weighted by atomic mass is 10.1. The Bertz CT molecular complexity index is 772. The lowest BCUT2D eigenvalue weighted by Crippen LogP contribution is -2.19. The highest BCUT2D eigenvalue weighted by Gasteiger charge is 2.14. The Hall–Kier alpha value is -2.15. The molecule has 1 aromatic heterocycles. The van der Waals surface area contributed by atoms with Gasteiger partial charge in [-0.2, -0.15) is 0 Å². The second-order valence-corrected chi connectivity index (χ2v) is 7.02. The standard InChI is InChI=1S/C14H16N2O4S/c1-2-21(19,20)8-7-15-13-11(14(17)18)9-10-5-3-4-6-12(10)16-13/h3-6,9H,2,7-8H2,1H3,(H,15,16)(H,17,18). The minimum atomic E-state index is -3.10. The van der Waals surface area contributed by atoms with Gasteiger partial charge in [-0.3, -0.25) is 0 Å². The van der Waals surface area contributed by atoms with Crippen LogP contribution < -0.4 is 5.32 Å². The molecule has 6 nitrogen and oxygen atoms in total. The maximum absolute atomic E-state index is 11.4. The average molecular weight is 308 g/mol. The molecule has 0 aliphatic rings. The van der Waals surface area contributed by atoms with E-state index in [0.29, 0.717) is 5.52 Å². The van der Waals surface area contributed by atoms with E-state index in [1.54, 1.807) is 31.2 Å². The number of carboxylic acid groups (broad SMARTS) is 1. The summed E-state index contributed by atoms with van der Waals surface area (Å²) in [6, 6.07) is 8.69. The number of hydrogen-bond acceptors (Lipinski definition) is 5. The van der Waals surface area contributed by atoms with Crippen LogP contribution in [0.25, 0.3) is 10.9 Å². The van der Waals surface area contributed by atoms with E-state index >= 15 is 0 Å². The molecular weight excluding hydrogens is 292 g/mol. The highest BCUT2D eigenvalue weighted by molar-refractivity contribution is 7.91. The first-order valence-corrected chi connectivity index (χ1v) is 8.32. The minimum absolute atomic E-state index is 0.0302. The fraction of sp³-hybridized carbons (Fsp3) is 0.286. The van der Waals surface area contributed by atoms with Crippen molar-refractivity contribution in [1.82, 2.24) is 4.98 Å². The molecule has 0 spiro atoms. The first-order chi connectivity index (χ1) is 9.93. The van der Waals surface area contributed by atoms with Gasteiger partial charge in [0.25, 0.3) is 0 Å². The topological polar surface area (TPSA) is 96.4 Å². The second-order valence-electron chi connectivity index (χ2n) is 4.55. The molecule has 1 aromatic carbocycles. The molecule has 0 atom stereocenters. The quantitative estimate of drug-likeness (QED) is 0.844. The molecule has 0 radical (unpaired) electrons. The van der Waals surface area contributed by atoms with E-state index in [9.17, 15) is 18.3 Å². The molecule has 0 aliphatic carbocycles. The van der Waals surface area contributed by atoms with Crippen LogP contribution in [0.4, 0.5) is 5.82 Å². The number of hydrogen-bond donors (Lipinski definition) is 2. The lowest BCUT2D eigenvalue weighted by Gasteiger charge is -2.10. The monoisotopic (exact) mass is 308 g/mol. The normalized spacial score (nSPS) is 11.5. The molecule has 0 bridgehead atoms. The zero-order valence-corrected chi connectivity index (χ0v) is 12.4. The van der Waals surface area contributed by atoms with E-state index < -0.39 is 15.8 Å². The van der Waals surface area contributed by atoms with Crippen LogP contribution in [0.1, 0.15) is 17.3 Å². The van der Waals surface area contributed by atoms with Crippen LogP contribution in [0.2, 0.25) is 0 Å². The Kier molecular flexibility index (Phi) is 4.42. The molecule has 112 valence electrons. The predicted octanol–water partition coefficient (Wildman–Crippen LogP) is 1.78. The first kappa shape index (κ1) is 15.2. The van der Waals surface area contributed by atoms with Gasteiger partial charge in [-0.05, 0) is 12.1 Å². The summed E-state index contributed by atoms with van der Waals surface area (Å²) in [6.45, 7) is 1.70. The van der Waals surface area contributed by atoms with Gasteiger partial charge in [0.15, 0.2) is 9.84 Å². The highest BCUT2D eigenvalue weighted by Crippen LogP contribution is 2.20. The number of anilines is 1. The molecule has 7 heteroatoms. The van der Waals surface area contributed by atoms with Gasteiger partial charge in [0.1, 0.15) is 11.4 Å². The number of carboxylic acids is 1. The molecule has 1 heterocycles. The SMILES string of the molecule is CCS(=O)(=O)CCNc1nc2ccccc2cc1C(=O)O. The summed E-state index contributed by atoms with van der Waals surface area (Å²) in [7, 11) is -3.10. The number of pyridine rings is 1. The molecule has 0 amide bonds. The maximum atomic E-state index is 11.4. The van der Waals surface area contributed by atoms with Crippen molar-refractivity contribution in [2.45, 2.75) is 6.92 Å². The van der Waals surface area contributed by atoms with Crippen LogP contribution in [-0.4, -0.2) is 42.5 Å². The predicted molar refractivity (Wildman–Crippen MR) is 81.5 cm³/mol. The van der Waals surface area contributed by atoms with Gasteiger partial charge in [0.05, 0.1) is 11.3 Å². The molecule has 0 fully saturated rings. The van der Waals surface area contributed by atoms with Crippen molar-refractivity contribution in [3.8, 4) is 0 Å². The number of fused-ring (bicyclic) bond motifs is 1. The van der Waals surface area contributed by atoms with Crippen molar-refractivity contribution in [2.75, 3.05) is 23.4 Å². The maximum Gasteiger partial charge on any atom is 0.339 e. The van der Waals surface area contributed by atoms with Crippen molar-refractivity contribution in [3.63, 3.8) is 0 Å². The van der Waals surface area contributed by atoms with E-state index in [0.717, 1.165) is 5.39 Å². The number of benzene rings is 1. The van der Waals surface area contributed by atoms with Crippen molar-refractivity contribution in [1.29, 1.82) is 0 Å². The van der Waals surface area contributed by atoms with Gasteiger partial charge in [-0.15, -0.1) is 0 Å². The molecule has 0 saturated heterocycles. The minimum Gasteiger partial charge on any atom is -0.478 e. The molecule has 0 aliphatic heterocycles. The van der Waals surface area contributed by atoms with Crippen LogP contribution in [0.5, 0.6) is 0 Å². The van der Waals surface area contributed by atoms with E-state index in [1.165, 1.54) is 6.07 Å². The van der Waals surface area contributed by atoms with E-state index in [2.05, 4.69) is 10.3 Å². The third-order valence-corrected chi connectivity index (χ3v) is 4.81. The first-order valence-electron chi connectivity index (χ1n) is 6.50. The molecule has 2 N–H and O–H groups in total. The van der Waals surface area contributed by atoms with Crippen molar-refractivity contribution >= 4 is 32.5 Å². The largest absolute Gasteiger partial charge is 0.478 e. The summed E-state index contributed by atoms with van der Waals surface area (Å²) in [4.78, 5) is 15.5. The van der Waals surface area contributed by atoms with Gasteiger partial charge in [0.2, 0.25) is 0 Å². The number of para-hydroxylation sites is 1. The van der Waals surface area contributed by atoms with Gasteiger partial charge < -0.3 is 10.4 Å². The Labute approximate surface area is 122 Å². The molecule has 0 unspecified atom stereocenters. The molecule has 2 rings (SSSR count). The van der Waals surface area contributed by atoms with E-state index in [1.807, 2.05) is 0 Å². The van der Waals surface area contributed by atoms with Crippen molar-refractivity contribution in [2.24, 2.45) is 0 Å². The molecule has 21 heavy (non-hydrogen) atoms. The zero-order chi connectivity index (χ0) is 15.5. The number of nitrogens with one attached hydrogen (secondary N) is 1.